The van der Waals surface area contributed by atoms with Crippen LogP contribution in [-0.2, 0) is 0 Å². The fourth-order valence-electron chi connectivity index (χ4n) is 3.54. The van der Waals surface area contributed by atoms with Crippen LogP contribution in [0.3, 0.4) is 0 Å². The molecule has 0 aliphatic carbocycles. The number of amides is 1. The molecule has 0 saturated carbocycles. The monoisotopic (exact) mass is 360 g/mol. The van der Waals surface area contributed by atoms with Crippen molar-refractivity contribution in [2.24, 2.45) is 5.92 Å². The molecule has 1 aliphatic heterocycles. The third kappa shape index (κ3) is 4.03. The summed E-state index contributed by atoms with van der Waals surface area (Å²) in [6.07, 6.45) is 5.80. The highest BCUT2D eigenvalue weighted by Gasteiger charge is 2.25. The largest absolute Gasteiger partial charge is 0.336 e. The third-order valence-electron chi connectivity index (χ3n) is 4.87. The lowest BCUT2D eigenvalue weighted by molar-refractivity contribution is 0.0747. The van der Waals surface area contributed by atoms with E-state index in [1.54, 1.807) is 4.68 Å². The van der Waals surface area contributed by atoms with E-state index in [0.717, 1.165) is 37.5 Å². The first-order chi connectivity index (χ1) is 12.1. The SMILES string of the molecule is CCCC1CCCN(C(=O)c2nc(C)n(-c3ccccc3Cl)n2)CC1. The highest BCUT2D eigenvalue weighted by Crippen LogP contribution is 2.23. The number of nitrogens with zero attached hydrogens (tertiary/aromatic N) is 4. The molecule has 0 spiro atoms. The van der Waals surface area contributed by atoms with Gasteiger partial charge in [-0.25, -0.2) is 9.67 Å². The number of benzene rings is 1. The molecule has 25 heavy (non-hydrogen) atoms. The second kappa shape index (κ2) is 8.00. The Hall–Kier alpha value is -1.88. The first-order valence-electron chi connectivity index (χ1n) is 9.08. The van der Waals surface area contributed by atoms with Crippen molar-refractivity contribution >= 4 is 17.5 Å². The number of para-hydroxylation sites is 1. The Kier molecular flexibility index (Phi) is 5.74. The number of carbonyl (C=O) groups excluding carboxylic acids is 1. The molecule has 1 aromatic carbocycles. The van der Waals surface area contributed by atoms with E-state index < -0.39 is 0 Å². The van der Waals surface area contributed by atoms with Gasteiger partial charge in [0.2, 0.25) is 5.82 Å². The van der Waals surface area contributed by atoms with Gasteiger partial charge < -0.3 is 4.90 Å². The molecule has 1 aromatic heterocycles. The lowest BCUT2D eigenvalue weighted by atomic mass is 9.96. The Morgan fingerprint density at radius 3 is 2.84 bits per heavy atom. The zero-order valence-corrected chi connectivity index (χ0v) is 15.7. The van der Waals surface area contributed by atoms with Gasteiger partial charge in [0.25, 0.3) is 5.91 Å². The van der Waals surface area contributed by atoms with E-state index in [4.69, 9.17) is 11.6 Å². The molecule has 1 saturated heterocycles. The molecule has 1 fully saturated rings. The van der Waals surface area contributed by atoms with Gasteiger partial charge in [0.1, 0.15) is 5.82 Å². The predicted molar refractivity (Wildman–Crippen MR) is 99.3 cm³/mol. The summed E-state index contributed by atoms with van der Waals surface area (Å²) in [5, 5.41) is 5.02. The average molecular weight is 361 g/mol. The van der Waals surface area contributed by atoms with Crippen LogP contribution in [0.2, 0.25) is 5.02 Å². The molecule has 0 N–H and O–H groups in total. The van der Waals surface area contributed by atoms with Gasteiger partial charge in [-0.05, 0) is 44.2 Å². The maximum absolute atomic E-state index is 12.9. The van der Waals surface area contributed by atoms with Crippen molar-refractivity contribution < 1.29 is 4.79 Å². The summed E-state index contributed by atoms with van der Waals surface area (Å²) in [5.41, 5.74) is 0.743. The lowest BCUT2D eigenvalue weighted by Crippen LogP contribution is -2.33. The fourth-order valence-corrected chi connectivity index (χ4v) is 3.75. The van der Waals surface area contributed by atoms with Crippen molar-refractivity contribution in [3.05, 3.63) is 40.9 Å². The molecular formula is C19H25ClN4O. The zero-order valence-electron chi connectivity index (χ0n) is 14.9. The summed E-state index contributed by atoms with van der Waals surface area (Å²) in [6.45, 7) is 5.65. The predicted octanol–water partition coefficient (Wildman–Crippen LogP) is 4.27. The summed E-state index contributed by atoms with van der Waals surface area (Å²) in [4.78, 5) is 19.1. The van der Waals surface area contributed by atoms with Gasteiger partial charge in [-0.1, -0.05) is 43.5 Å². The molecule has 5 nitrogen and oxygen atoms in total. The molecule has 0 bridgehead atoms. The molecule has 3 rings (SSSR count). The van der Waals surface area contributed by atoms with Gasteiger partial charge >= 0.3 is 0 Å². The Balaban J connectivity index is 1.77. The van der Waals surface area contributed by atoms with Crippen LogP contribution >= 0.6 is 11.6 Å². The standard InChI is InChI=1S/C19H25ClN4O/c1-3-7-15-8-6-12-23(13-11-15)19(25)18-21-14(2)24(22-18)17-10-5-4-9-16(17)20/h4-5,9-10,15H,3,6-8,11-13H2,1-2H3. The number of carbonyl (C=O) groups is 1. The maximum Gasteiger partial charge on any atom is 0.293 e. The molecule has 1 unspecified atom stereocenters. The molecule has 1 amide bonds. The summed E-state index contributed by atoms with van der Waals surface area (Å²) in [7, 11) is 0. The van der Waals surface area contributed by atoms with E-state index >= 15 is 0 Å². The van der Waals surface area contributed by atoms with E-state index in [0.29, 0.717) is 10.8 Å². The van der Waals surface area contributed by atoms with Crippen LogP contribution in [-0.4, -0.2) is 38.7 Å². The van der Waals surface area contributed by atoms with Crippen molar-refractivity contribution in [3.63, 3.8) is 0 Å². The number of likely N-dealkylation sites (tertiary alicyclic amines) is 1. The zero-order chi connectivity index (χ0) is 17.8. The minimum atomic E-state index is -0.0777. The second-order valence-electron chi connectivity index (χ2n) is 6.72. The number of aromatic nitrogens is 3. The smallest absolute Gasteiger partial charge is 0.293 e. The highest BCUT2D eigenvalue weighted by molar-refractivity contribution is 6.32. The van der Waals surface area contributed by atoms with E-state index in [2.05, 4.69) is 17.0 Å². The van der Waals surface area contributed by atoms with Gasteiger partial charge in [-0.15, -0.1) is 5.10 Å². The van der Waals surface area contributed by atoms with E-state index in [9.17, 15) is 4.79 Å². The number of halogens is 1. The lowest BCUT2D eigenvalue weighted by Gasteiger charge is -2.18. The van der Waals surface area contributed by atoms with Crippen LogP contribution in [0.4, 0.5) is 0 Å². The van der Waals surface area contributed by atoms with E-state index in [1.165, 1.54) is 19.3 Å². The van der Waals surface area contributed by atoms with E-state index in [-0.39, 0.29) is 11.7 Å². The van der Waals surface area contributed by atoms with Gasteiger partial charge in [0, 0.05) is 13.1 Å². The Morgan fingerprint density at radius 1 is 1.28 bits per heavy atom. The minimum absolute atomic E-state index is 0.0777. The summed E-state index contributed by atoms with van der Waals surface area (Å²) in [5.74, 6) is 1.57. The molecule has 2 aromatic rings. The van der Waals surface area contributed by atoms with Gasteiger partial charge in [-0.2, -0.15) is 0 Å². The summed E-state index contributed by atoms with van der Waals surface area (Å²) < 4.78 is 1.65. The van der Waals surface area contributed by atoms with Crippen LogP contribution in [0.15, 0.2) is 24.3 Å². The molecule has 1 atom stereocenters. The van der Waals surface area contributed by atoms with Crippen LogP contribution in [0.25, 0.3) is 5.69 Å². The first-order valence-corrected chi connectivity index (χ1v) is 9.45. The van der Waals surface area contributed by atoms with Gasteiger partial charge in [-0.3, -0.25) is 4.79 Å². The van der Waals surface area contributed by atoms with Crippen molar-refractivity contribution in [1.82, 2.24) is 19.7 Å². The van der Waals surface area contributed by atoms with Crippen LogP contribution < -0.4 is 0 Å². The summed E-state index contributed by atoms with van der Waals surface area (Å²) in [6, 6.07) is 7.45. The van der Waals surface area contributed by atoms with Crippen molar-refractivity contribution in [1.29, 1.82) is 0 Å². The fraction of sp³-hybridized carbons (Fsp3) is 0.526. The average Bonchev–Trinajstić information content (AvgIpc) is 2.83. The van der Waals surface area contributed by atoms with Gasteiger partial charge in [0.15, 0.2) is 0 Å². The maximum atomic E-state index is 12.9. The first kappa shape index (κ1) is 17.9. The van der Waals surface area contributed by atoms with Crippen molar-refractivity contribution in [2.45, 2.75) is 46.0 Å². The van der Waals surface area contributed by atoms with Crippen molar-refractivity contribution in [2.75, 3.05) is 13.1 Å². The topological polar surface area (TPSA) is 51.0 Å². The molecule has 0 radical (unpaired) electrons. The highest BCUT2D eigenvalue weighted by atomic mass is 35.5. The van der Waals surface area contributed by atoms with Crippen LogP contribution in [0.5, 0.6) is 0 Å². The Morgan fingerprint density at radius 2 is 2.08 bits per heavy atom. The van der Waals surface area contributed by atoms with Crippen LogP contribution in [0.1, 0.15) is 55.5 Å². The Labute approximate surface area is 154 Å². The molecule has 2 heterocycles. The normalized spacial score (nSPS) is 18.2. The minimum Gasteiger partial charge on any atom is -0.336 e. The number of hydrogen-bond acceptors (Lipinski definition) is 3. The molecule has 134 valence electrons. The second-order valence-corrected chi connectivity index (χ2v) is 7.13. The molecular weight excluding hydrogens is 336 g/mol. The molecule has 6 heteroatoms. The van der Waals surface area contributed by atoms with E-state index in [1.807, 2.05) is 36.1 Å². The van der Waals surface area contributed by atoms with Crippen LogP contribution in [0, 0.1) is 12.8 Å². The number of aryl methyl sites for hydroxylation is 1. The van der Waals surface area contributed by atoms with Crippen molar-refractivity contribution in [3.8, 4) is 5.69 Å². The summed E-state index contributed by atoms with van der Waals surface area (Å²) >= 11 is 6.25. The number of hydrogen-bond donors (Lipinski definition) is 0. The molecule has 1 aliphatic rings. The quantitative estimate of drug-likeness (QED) is 0.818. The third-order valence-corrected chi connectivity index (χ3v) is 5.19. The Bertz CT molecular complexity index is 743. The van der Waals surface area contributed by atoms with Gasteiger partial charge in [0.05, 0.1) is 10.7 Å². The number of rotatable bonds is 4.